The first-order valence-electron chi connectivity index (χ1n) is 4.33. The van der Waals surface area contributed by atoms with Gasteiger partial charge in [0.2, 0.25) is 0 Å². The van der Waals surface area contributed by atoms with Crippen molar-refractivity contribution < 1.29 is 9.90 Å². The summed E-state index contributed by atoms with van der Waals surface area (Å²) in [6.07, 6.45) is 0.719. The predicted molar refractivity (Wildman–Crippen MR) is 55.4 cm³/mol. The fourth-order valence-corrected chi connectivity index (χ4v) is 1.51. The molecule has 0 bridgehead atoms. The number of benzene rings is 1. The van der Waals surface area contributed by atoms with Crippen molar-refractivity contribution in [3.05, 3.63) is 34.3 Å². The molecule has 0 aliphatic carbocycles. The maximum absolute atomic E-state index is 10.7. The van der Waals surface area contributed by atoms with E-state index in [1.807, 2.05) is 6.92 Å². The Morgan fingerprint density at radius 2 is 2.29 bits per heavy atom. The van der Waals surface area contributed by atoms with E-state index in [9.17, 15) is 4.79 Å². The Hall–Kier alpha value is -1.06. The molecule has 1 aromatic carbocycles. The largest absolute Gasteiger partial charge is 0.480 e. The highest BCUT2D eigenvalue weighted by molar-refractivity contribution is 6.30. The maximum atomic E-state index is 10.7. The zero-order valence-electron chi connectivity index (χ0n) is 7.83. The van der Waals surface area contributed by atoms with Crippen LogP contribution in [0.25, 0.3) is 0 Å². The Morgan fingerprint density at radius 3 is 2.79 bits per heavy atom. The van der Waals surface area contributed by atoms with Crippen LogP contribution < -0.4 is 5.73 Å². The fraction of sp³-hybridized carbons (Fsp3) is 0.300. The lowest BCUT2D eigenvalue weighted by Crippen LogP contribution is -2.21. The second-order valence-corrected chi connectivity index (χ2v) is 3.45. The predicted octanol–water partition coefficient (Wildman–Crippen LogP) is 1.99. The molecule has 0 spiro atoms. The summed E-state index contributed by atoms with van der Waals surface area (Å²) in [6.45, 7) is 1.93. The highest BCUT2D eigenvalue weighted by Crippen LogP contribution is 2.21. The molecule has 0 aliphatic heterocycles. The normalized spacial score (nSPS) is 12.5. The van der Waals surface area contributed by atoms with Crippen LogP contribution in [0.3, 0.4) is 0 Å². The van der Waals surface area contributed by atoms with Gasteiger partial charge in [-0.05, 0) is 29.7 Å². The molecular weight excluding hydrogens is 202 g/mol. The molecule has 14 heavy (non-hydrogen) atoms. The summed E-state index contributed by atoms with van der Waals surface area (Å²) < 4.78 is 0. The third kappa shape index (κ3) is 2.25. The number of hydrogen-bond acceptors (Lipinski definition) is 2. The average Bonchev–Trinajstić information content (AvgIpc) is 2.16. The third-order valence-electron chi connectivity index (χ3n) is 2.09. The molecule has 3 N–H and O–H groups in total. The van der Waals surface area contributed by atoms with Gasteiger partial charge in [0.25, 0.3) is 0 Å². The molecule has 0 saturated carbocycles. The fourth-order valence-electron chi connectivity index (χ4n) is 1.32. The van der Waals surface area contributed by atoms with E-state index in [2.05, 4.69) is 0 Å². The van der Waals surface area contributed by atoms with E-state index in [4.69, 9.17) is 22.4 Å². The molecule has 4 heteroatoms. The van der Waals surface area contributed by atoms with Crippen LogP contribution in [-0.4, -0.2) is 11.1 Å². The minimum Gasteiger partial charge on any atom is -0.480 e. The van der Waals surface area contributed by atoms with Crippen LogP contribution in [0.5, 0.6) is 0 Å². The summed E-state index contributed by atoms with van der Waals surface area (Å²) >= 11 is 5.79. The molecule has 0 unspecified atom stereocenters. The summed E-state index contributed by atoms with van der Waals surface area (Å²) in [6, 6.07) is 4.10. The van der Waals surface area contributed by atoms with Crippen molar-refractivity contribution in [2.45, 2.75) is 19.4 Å². The summed E-state index contributed by atoms with van der Waals surface area (Å²) in [5, 5.41) is 9.37. The maximum Gasteiger partial charge on any atom is 0.325 e. The zero-order chi connectivity index (χ0) is 10.7. The Bertz CT molecular complexity index is 352. The van der Waals surface area contributed by atoms with Crippen molar-refractivity contribution in [3.63, 3.8) is 0 Å². The van der Waals surface area contributed by atoms with Crippen molar-refractivity contribution in [2.75, 3.05) is 0 Å². The SMILES string of the molecule is CCc1cc(Cl)ccc1[C@H](N)C(=O)O. The first kappa shape index (κ1) is 11.0. The first-order chi connectivity index (χ1) is 6.56. The molecule has 1 aromatic rings. The van der Waals surface area contributed by atoms with E-state index in [1.54, 1.807) is 18.2 Å². The standard InChI is InChI=1S/C10H12ClNO2/c1-2-6-5-7(11)3-4-8(6)9(12)10(13)14/h3-5,9H,2,12H2,1H3,(H,13,14)/t9-/m0/s1. The van der Waals surface area contributed by atoms with Crippen molar-refractivity contribution in [1.82, 2.24) is 0 Å². The Morgan fingerprint density at radius 1 is 1.64 bits per heavy atom. The van der Waals surface area contributed by atoms with Crippen molar-refractivity contribution in [2.24, 2.45) is 5.73 Å². The third-order valence-corrected chi connectivity index (χ3v) is 2.32. The van der Waals surface area contributed by atoms with Crippen LogP contribution in [0.15, 0.2) is 18.2 Å². The van der Waals surface area contributed by atoms with Gasteiger partial charge < -0.3 is 10.8 Å². The second-order valence-electron chi connectivity index (χ2n) is 3.01. The van der Waals surface area contributed by atoms with Gasteiger partial charge in [-0.1, -0.05) is 24.6 Å². The number of rotatable bonds is 3. The van der Waals surface area contributed by atoms with Gasteiger partial charge in [0.05, 0.1) is 0 Å². The van der Waals surface area contributed by atoms with Crippen molar-refractivity contribution in [3.8, 4) is 0 Å². The lowest BCUT2D eigenvalue weighted by molar-refractivity contribution is -0.138. The summed E-state index contributed by atoms with van der Waals surface area (Å²) in [4.78, 5) is 10.7. The van der Waals surface area contributed by atoms with Gasteiger partial charge in [0.15, 0.2) is 0 Å². The van der Waals surface area contributed by atoms with E-state index < -0.39 is 12.0 Å². The number of carboxylic acids is 1. The molecule has 3 nitrogen and oxygen atoms in total. The van der Waals surface area contributed by atoms with Gasteiger partial charge >= 0.3 is 5.97 Å². The number of hydrogen-bond donors (Lipinski definition) is 2. The number of carboxylic acid groups (broad SMARTS) is 1. The molecule has 1 rings (SSSR count). The second kappa shape index (κ2) is 4.44. The molecule has 0 fully saturated rings. The molecule has 0 aliphatic rings. The first-order valence-corrected chi connectivity index (χ1v) is 4.70. The minimum atomic E-state index is -1.03. The molecule has 0 saturated heterocycles. The van der Waals surface area contributed by atoms with E-state index >= 15 is 0 Å². The lowest BCUT2D eigenvalue weighted by Gasteiger charge is -2.11. The van der Waals surface area contributed by atoms with Crippen molar-refractivity contribution in [1.29, 1.82) is 0 Å². The zero-order valence-corrected chi connectivity index (χ0v) is 8.58. The highest BCUT2D eigenvalue weighted by atomic mass is 35.5. The topological polar surface area (TPSA) is 63.3 Å². The van der Waals surface area contributed by atoms with Crippen LogP contribution in [-0.2, 0) is 11.2 Å². The van der Waals surface area contributed by atoms with Crippen LogP contribution in [0.4, 0.5) is 0 Å². The Kier molecular flexibility index (Phi) is 3.49. The highest BCUT2D eigenvalue weighted by Gasteiger charge is 2.17. The molecular formula is C10H12ClNO2. The molecule has 76 valence electrons. The monoisotopic (exact) mass is 213 g/mol. The minimum absolute atomic E-state index is 0.600. The van der Waals surface area contributed by atoms with Crippen LogP contribution in [0, 0.1) is 0 Å². The van der Waals surface area contributed by atoms with Crippen LogP contribution in [0.2, 0.25) is 5.02 Å². The van der Waals surface area contributed by atoms with Gasteiger partial charge in [0.1, 0.15) is 6.04 Å². The summed E-state index contributed by atoms with van der Waals surface area (Å²) in [5.41, 5.74) is 7.03. The number of aliphatic carboxylic acids is 1. The Balaban J connectivity index is 3.13. The van der Waals surface area contributed by atoms with Crippen molar-refractivity contribution >= 4 is 17.6 Å². The summed E-state index contributed by atoms with van der Waals surface area (Å²) in [5.74, 6) is -1.03. The van der Waals surface area contributed by atoms with E-state index in [1.165, 1.54) is 0 Å². The van der Waals surface area contributed by atoms with Gasteiger partial charge in [-0.3, -0.25) is 4.79 Å². The quantitative estimate of drug-likeness (QED) is 0.807. The van der Waals surface area contributed by atoms with E-state index in [0.717, 1.165) is 12.0 Å². The Labute approximate surface area is 87.5 Å². The number of carbonyl (C=O) groups is 1. The molecule has 0 heterocycles. The van der Waals surface area contributed by atoms with Gasteiger partial charge in [-0.15, -0.1) is 0 Å². The number of nitrogens with two attached hydrogens (primary N) is 1. The van der Waals surface area contributed by atoms with Gasteiger partial charge in [0, 0.05) is 5.02 Å². The smallest absolute Gasteiger partial charge is 0.325 e. The lowest BCUT2D eigenvalue weighted by atomic mass is 9.99. The van der Waals surface area contributed by atoms with Gasteiger partial charge in [-0.2, -0.15) is 0 Å². The van der Waals surface area contributed by atoms with Crippen LogP contribution in [0.1, 0.15) is 24.1 Å². The average molecular weight is 214 g/mol. The number of halogens is 1. The molecule has 0 aromatic heterocycles. The molecule has 1 atom stereocenters. The number of aryl methyl sites for hydroxylation is 1. The summed E-state index contributed by atoms with van der Waals surface area (Å²) in [7, 11) is 0. The van der Waals surface area contributed by atoms with Crippen LogP contribution >= 0.6 is 11.6 Å². The van der Waals surface area contributed by atoms with Gasteiger partial charge in [-0.25, -0.2) is 0 Å². The van der Waals surface area contributed by atoms with E-state index in [0.29, 0.717) is 10.6 Å². The molecule has 0 amide bonds. The van der Waals surface area contributed by atoms with E-state index in [-0.39, 0.29) is 0 Å². The molecule has 0 radical (unpaired) electrons.